The molecule has 114 valence electrons. The zero-order chi connectivity index (χ0) is 15.0. The summed E-state index contributed by atoms with van der Waals surface area (Å²) in [5.41, 5.74) is 0. The van der Waals surface area contributed by atoms with Gasteiger partial charge in [-0.1, -0.05) is 18.7 Å². The van der Waals surface area contributed by atoms with E-state index < -0.39 is 0 Å². The second-order valence-corrected chi connectivity index (χ2v) is 6.96. The van der Waals surface area contributed by atoms with Crippen LogP contribution >= 0.6 is 11.8 Å². The molecule has 0 spiro atoms. The average Bonchev–Trinajstić information content (AvgIpc) is 2.85. The summed E-state index contributed by atoms with van der Waals surface area (Å²) in [5.74, 6) is 3.83. The van der Waals surface area contributed by atoms with Crippen LogP contribution in [0, 0.1) is 5.92 Å². The van der Waals surface area contributed by atoms with Gasteiger partial charge in [-0.15, -0.1) is 0 Å². The molecule has 1 aromatic rings. The van der Waals surface area contributed by atoms with Crippen molar-refractivity contribution >= 4 is 22.9 Å². The van der Waals surface area contributed by atoms with E-state index in [0.29, 0.717) is 24.9 Å². The van der Waals surface area contributed by atoms with Gasteiger partial charge in [-0.05, 0) is 24.5 Å². The zero-order valence-electron chi connectivity index (χ0n) is 12.4. The van der Waals surface area contributed by atoms with Crippen molar-refractivity contribution in [1.82, 2.24) is 9.80 Å². The van der Waals surface area contributed by atoms with Gasteiger partial charge in [-0.2, -0.15) is 0 Å². The lowest BCUT2D eigenvalue weighted by molar-refractivity contribution is -0.131. The first-order valence-electron chi connectivity index (χ1n) is 7.29. The molecule has 2 heterocycles. The number of nitrogens with zero attached hydrogens (tertiary/aromatic N) is 2. The Labute approximate surface area is 128 Å². The highest BCUT2D eigenvalue weighted by Crippen LogP contribution is 2.47. The number of rotatable bonds is 5. The van der Waals surface area contributed by atoms with E-state index in [4.69, 9.17) is 4.42 Å². The van der Waals surface area contributed by atoms with E-state index in [1.54, 1.807) is 16.8 Å². The molecule has 1 aromatic heterocycles. The quantitative estimate of drug-likeness (QED) is 0.839. The molecule has 0 radical (unpaired) electrons. The molecule has 2 fully saturated rings. The predicted octanol–water partition coefficient (Wildman–Crippen LogP) is 2.53. The van der Waals surface area contributed by atoms with E-state index in [1.165, 1.54) is 18.2 Å². The number of thioether (sulfide) groups is 1. The molecular weight excluding hydrogens is 288 g/mol. The first-order chi connectivity index (χ1) is 10.0. The molecule has 1 aliphatic carbocycles. The molecule has 6 heteroatoms. The smallest absolute Gasteiger partial charge is 0.282 e. The Morgan fingerprint density at radius 3 is 2.90 bits per heavy atom. The van der Waals surface area contributed by atoms with Crippen molar-refractivity contribution in [3.05, 3.63) is 23.7 Å². The summed E-state index contributed by atoms with van der Waals surface area (Å²) in [6, 6.07) is 3.96. The third kappa shape index (κ3) is 3.26. The minimum atomic E-state index is -0.0522. The van der Waals surface area contributed by atoms with Gasteiger partial charge in [-0.25, -0.2) is 0 Å². The van der Waals surface area contributed by atoms with Crippen LogP contribution in [0.2, 0.25) is 0 Å². The van der Waals surface area contributed by atoms with Crippen LogP contribution in [0.4, 0.5) is 4.79 Å². The van der Waals surface area contributed by atoms with Gasteiger partial charge in [0, 0.05) is 25.3 Å². The van der Waals surface area contributed by atoms with E-state index in [-0.39, 0.29) is 17.7 Å². The van der Waals surface area contributed by atoms with Crippen molar-refractivity contribution in [1.29, 1.82) is 0 Å². The lowest BCUT2D eigenvalue weighted by Crippen LogP contribution is -2.38. The van der Waals surface area contributed by atoms with Crippen LogP contribution in [0.5, 0.6) is 0 Å². The number of furan rings is 1. The van der Waals surface area contributed by atoms with Gasteiger partial charge < -0.3 is 14.2 Å². The highest BCUT2D eigenvalue weighted by atomic mass is 32.2. The Morgan fingerprint density at radius 1 is 1.52 bits per heavy atom. The Hall–Kier alpha value is -1.43. The largest absolute Gasteiger partial charge is 0.464 e. The number of likely N-dealkylation sites (N-methyl/N-ethyl adjacent to an activating group) is 1. The standard InChI is InChI=1S/C15H20N2O3S/c1-10-7-12(10)13-4-3-11(20-13)8-16(2)14(18)9-17-5-6-21-15(17)19/h3-4,10,12H,5-9H2,1-2H3/t10-,12+/m1/s1. The fourth-order valence-corrected chi connectivity index (χ4v) is 3.40. The monoisotopic (exact) mass is 308 g/mol. The van der Waals surface area contributed by atoms with Gasteiger partial charge in [-0.3, -0.25) is 9.59 Å². The lowest BCUT2D eigenvalue weighted by Gasteiger charge is -2.20. The van der Waals surface area contributed by atoms with Gasteiger partial charge in [0.15, 0.2) is 0 Å². The SMILES string of the molecule is C[C@@H]1C[C@@H]1c1ccc(CN(C)C(=O)CN2CCSC2=O)o1. The van der Waals surface area contributed by atoms with E-state index in [0.717, 1.165) is 17.3 Å². The van der Waals surface area contributed by atoms with Crippen molar-refractivity contribution in [2.45, 2.75) is 25.8 Å². The maximum atomic E-state index is 12.1. The third-order valence-electron chi connectivity index (χ3n) is 4.15. The average molecular weight is 308 g/mol. The van der Waals surface area contributed by atoms with Crippen molar-refractivity contribution in [2.24, 2.45) is 5.92 Å². The summed E-state index contributed by atoms with van der Waals surface area (Å²) < 4.78 is 5.81. The summed E-state index contributed by atoms with van der Waals surface area (Å²) in [6.07, 6.45) is 1.19. The molecule has 1 aliphatic heterocycles. The van der Waals surface area contributed by atoms with Gasteiger partial charge >= 0.3 is 0 Å². The molecule has 0 bridgehead atoms. The number of carbonyl (C=O) groups is 2. The van der Waals surface area contributed by atoms with Crippen LogP contribution in [-0.4, -0.2) is 46.8 Å². The van der Waals surface area contributed by atoms with Crippen molar-refractivity contribution in [3.63, 3.8) is 0 Å². The zero-order valence-corrected chi connectivity index (χ0v) is 13.2. The van der Waals surface area contributed by atoms with E-state index >= 15 is 0 Å². The molecule has 2 amide bonds. The van der Waals surface area contributed by atoms with E-state index in [9.17, 15) is 9.59 Å². The van der Waals surface area contributed by atoms with Crippen LogP contribution in [0.3, 0.4) is 0 Å². The third-order valence-corrected chi connectivity index (χ3v) is 5.04. The molecule has 3 rings (SSSR count). The molecule has 21 heavy (non-hydrogen) atoms. The normalized spacial score (nSPS) is 24.5. The van der Waals surface area contributed by atoms with E-state index in [2.05, 4.69) is 6.92 Å². The summed E-state index contributed by atoms with van der Waals surface area (Å²) >= 11 is 1.27. The summed E-state index contributed by atoms with van der Waals surface area (Å²) in [6.45, 7) is 3.49. The van der Waals surface area contributed by atoms with Gasteiger partial charge in [0.1, 0.15) is 18.1 Å². The van der Waals surface area contributed by atoms with Crippen molar-refractivity contribution in [2.75, 3.05) is 25.9 Å². The topological polar surface area (TPSA) is 53.8 Å². The van der Waals surface area contributed by atoms with Gasteiger partial charge in [0.25, 0.3) is 5.24 Å². The molecule has 2 atom stereocenters. The van der Waals surface area contributed by atoms with Gasteiger partial charge in [0.2, 0.25) is 5.91 Å². The fraction of sp³-hybridized carbons (Fsp3) is 0.600. The van der Waals surface area contributed by atoms with Gasteiger partial charge in [0.05, 0.1) is 6.54 Å². The first-order valence-corrected chi connectivity index (χ1v) is 8.27. The molecule has 2 aliphatic rings. The minimum absolute atomic E-state index is 0.000226. The second kappa shape index (κ2) is 5.75. The number of hydrogen-bond acceptors (Lipinski definition) is 4. The van der Waals surface area contributed by atoms with Crippen LogP contribution in [0.1, 0.15) is 30.8 Å². The molecule has 5 nitrogen and oxygen atoms in total. The first kappa shape index (κ1) is 14.5. The second-order valence-electron chi connectivity index (χ2n) is 5.91. The van der Waals surface area contributed by atoms with Crippen molar-refractivity contribution < 1.29 is 14.0 Å². The fourth-order valence-electron chi connectivity index (χ4n) is 2.57. The highest BCUT2D eigenvalue weighted by Gasteiger charge is 2.36. The molecule has 0 aromatic carbocycles. The molecular formula is C15H20N2O3S. The van der Waals surface area contributed by atoms with Crippen LogP contribution in [0.25, 0.3) is 0 Å². The Balaban J connectivity index is 1.53. The predicted molar refractivity (Wildman–Crippen MR) is 81.1 cm³/mol. The lowest BCUT2D eigenvalue weighted by atomic mass is 10.3. The maximum absolute atomic E-state index is 12.1. The van der Waals surface area contributed by atoms with Crippen molar-refractivity contribution in [3.8, 4) is 0 Å². The minimum Gasteiger partial charge on any atom is -0.464 e. The Morgan fingerprint density at radius 2 is 2.29 bits per heavy atom. The number of carbonyl (C=O) groups excluding carboxylic acids is 2. The number of amides is 2. The summed E-state index contributed by atoms with van der Waals surface area (Å²) in [4.78, 5) is 26.9. The molecule has 1 saturated heterocycles. The van der Waals surface area contributed by atoms with Crippen LogP contribution in [-0.2, 0) is 11.3 Å². The van der Waals surface area contributed by atoms with E-state index in [1.807, 2.05) is 12.1 Å². The molecule has 0 unspecified atom stereocenters. The summed E-state index contributed by atoms with van der Waals surface area (Å²) in [5, 5.41) is -0.000226. The van der Waals surface area contributed by atoms with Crippen LogP contribution in [0.15, 0.2) is 16.5 Å². The molecule has 0 N–H and O–H groups in total. The summed E-state index contributed by atoms with van der Waals surface area (Å²) in [7, 11) is 1.75. The Bertz CT molecular complexity index is 557. The highest BCUT2D eigenvalue weighted by molar-refractivity contribution is 8.13. The molecule has 1 saturated carbocycles. The number of hydrogen-bond donors (Lipinski definition) is 0. The van der Waals surface area contributed by atoms with Crippen LogP contribution < -0.4 is 0 Å². The Kier molecular flexibility index (Phi) is 3.97. The maximum Gasteiger partial charge on any atom is 0.282 e.